The van der Waals surface area contributed by atoms with E-state index in [1.54, 1.807) is 63.4 Å². The van der Waals surface area contributed by atoms with Crippen LogP contribution >= 0.6 is 45.2 Å². The van der Waals surface area contributed by atoms with Crippen LogP contribution in [0.3, 0.4) is 0 Å². The molecular weight excluding hydrogens is 606 g/mol. The van der Waals surface area contributed by atoms with Gasteiger partial charge < -0.3 is 8.74 Å². The fourth-order valence-corrected chi connectivity index (χ4v) is 7.20. The number of fused-ring (bicyclic) bond motifs is 1. The van der Waals surface area contributed by atoms with Crippen molar-refractivity contribution in [3.63, 3.8) is 0 Å². The maximum absolute atomic E-state index is 12.5. The highest BCUT2D eigenvalue weighted by molar-refractivity contribution is 14.1. The summed E-state index contributed by atoms with van der Waals surface area (Å²) < 4.78 is 64.3. The molecule has 0 amide bonds. The summed E-state index contributed by atoms with van der Waals surface area (Å²) in [6, 6.07) is 14.3. The Kier molecular flexibility index (Phi) is 5.50. The van der Waals surface area contributed by atoms with E-state index in [2.05, 4.69) is 0 Å². The molecule has 136 valence electrons. The Balaban J connectivity index is 2.01. The van der Waals surface area contributed by atoms with Crippen LogP contribution in [0.1, 0.15) is 0 Å². The molecule has 0 unspecified atom stereocenters. The summed E-state index contributed by atoms with van der Waals surface area (Å²) in [6.45, 7) is 0. The predicted octanol–water partition coefficient (Wildman–Crippen LogP) is 3.72. The molecule has 0 fully saturated rings. The molecule has 3 aromatic rings. The molecule has 0 aliphatic carbocycles. The number of hydrogen-bond acceptors (Lipinski definition) is 6. The molecule has 26 heavy (non-hydrogen) atoms. The average molecular weight is 615 g/mol. The van der Waals surface area contributed by atoms with Crippen molar-refractivity contribution in [2.45, 2.75) is 9.79 Å². The first-order valence-electron chi connectivity index (χ1n) is 6.96. The second kappa shape index (κ2) is 7.22. The highest BCUT2D eigenvalue weighted by Gasteiger charge is 2.20. The molecule has 0 saturated carbocycles. The van der Waals surface area contributed by atoms with Crippen LogP contribution in [0.15, 0.2) is 64.4 Å². The topological polar surface area (TPSA) is 101 Å². The van der Waals surface area contributed by atoms with Crippen LogP contribution in [-0.4, -0.2) is 21.4 Å². The summed E-state index contributed by atoms with van der Waals surface area (Å²) >= 11 is 3.31. The van der Waals surface area contributed by atoms with E-state index >= 15 is 0 Å². The second-order valence-electron chi connectivity index (χ2n) is 5.22. The molecule has 3 aromatic carbocycles. The molecule has 6 nitrogen and oxygen atoms in total. The van der Waals surface area contributed by atoms with E-state index in [0.717, 1.165) is 10.8 Å². The molecule has 0 heterocycles. The summed E-state index contributed by atoms with van der Waals surface area (Å²) in [6.07, 6.45) is 0. The van der Waals surface area contributed by atoms with Crippen molar-refractivity contribution in [2.24, 2.45) is 0 Å². The summed E-state index contributed by atoms with van der Waals surface area (Å²) in [5.41, 5.74) is 0. The molecule has 0 atom stereocenters. The SMILES string of the molecule is O=S(=O)([O-])c1c(I)cc(OS(=O)(=O)c2ccc3ccccc3c2)cc1I. The lowest BCUT2D eigenvalue weighted by molar-refractivity contribution is 0.461. The van der Waals surface area contributed by atoms with Gasteiger partial charge in [-0.2, -0.15) is 8.42 Å². The largest absolute Gasteiger partial charge is 0.744 e. The van der Waals surface area contributed by atoms with Crippen molar-refractivity contribution in [3.05, 3.63) is 61.7 Å². The molecule has 0 spiro atoms. The highest BCUT2D eigenvalue weighted by atomic mass is 127. The van der Waals surface area contributed by atoms with Gasteiger partial charge in [0.2, 0.25) is 0 Å². The lowest BCUT2D eigenvalue weighted by Gasteiger charge is -2.14. The molecule has 0 aliphatic rings. The van der Waals surface area contributed by atoms with Crippen LogP contribution in [0, 0.1) is 7.14 Å². The Morgan fingerprint density at radius 3 is 1.96 bits per heavy atom. The summed E-state index contributed by atoms with van der Waals surface area (Å²) in [7, 11) is -8.79. The van der Waals surface area contributed by atoms with Gasteiger partial charge in [-0.1, -0.05) is 30.3 Å². The van der Waals surface area contributed by atoms with Crippen molar-refractivity contribution in [1.82, 2.24) is 0 Å². The van der Waals surface area contributed by atoms with Gasteiger partial charge in [-0.05, 0) is 80.2 Å². The van der Waals surface area contributed by atoms with E-state index in [9.17, 15) is 21.4 Å². The first-order valence-corrected chi connectivity index (χ1v) is 11.9. The van der Waals surface area contributed by atoms with Crippen molar-refractivity contribution in [3.8, 4) is 5.75 Å². The van der Waals surface area contributed by atoms with Gasteiger partial charge in [-0.3, -0.25) is 0 Å². The number of halogens is 2. The number of rotatable bonds is 4. The van der Waals surface area contributed by atoms with E-state index in [0.29, 0.717) is 0 Å². The second-order valence-corrected chi connectivity index (χ2v) is 10.4. The molecule has 0 aromatic heterocycles. The minimum atomic E-state index is -4.67. The van der Waals surface area contributed by atoms with Crippen LogP contribution < -0.4 is 4.18 Å². The van der Waals surface area contributed by atoms with E-state index < -0.39 is 25.1 Å². The van der Waals surface area contributed by atoms with Gasteiger partial charge in [0.25, 0.3) is 0 Å². The molecule has 10 heteroatoms. The van der Waals surface area contributed by atoms with Gasteiger partial charge >= 0.3 is 10.1 Å². The number of hydrogen-bond donors (Lipinski definition) is 0. The maximum atomic E-state index is 12.5. The van der Waals surface area contributed by atoms with E-state index in [-0.39, 0.29) is 17.8 Å². The minimum Gasteiger partial charge on any atom is -0.744 e. The van der Waals surface area contributed by atoms with Crippen molar-refractivity contribution >= 4 is 76.2 Å². The Hall–Kier alpha value is -0.960. The molecule has 0 saturated heterocycles. The molecule has 0 radical (unpaired) electrons. The smallest absolute Gasteiger partial charge is 0.339 e. The highest BCUT2D eigenvalue weighted by Crippen LogP contribution is 2.31. The molecular formula is C16H9I2O6S2-. The third kappa shape index (κ3) is 4.13. The van der Waals surface area contributed by atoms with Crippen molar-refractivity contribution < 1.29 is 25.6 Å². The van der Waals surface area contributed by atoms with Gasteiger partial charge in [0.1, 0.15) is 20.8 Å². The normalized spacial score (nSPS) is 12.3. The molecule has 0 aliphatic heterocycles. The monoisotopic (exact) mass is 615 g/mol. The Labute approximate surface area is 177 Å². The van der Waals surface area contributed by atoms with Crippen LogP contribution in [0.2, 0.25) is 0 Å². The summed E-state index contributed by atoms with van der Waals surface area (Å²) in [5.74, 6) is -0.0700. The summed E-state index contributed by atoms with van der Waals surface area (Å²) in [5, 5.41) is 1.63. The zero-order chi connectivity index (χ0) is 19.1. The molecule has 0 N–H and O–H groups in total. The van der Waals surface area contributed by atoms with Gasteiger partial charge in [-0.15, -0.1) is 0 Å². The number of benzene rings is 3. The lowest BCUT2D eigenvalue weighted by atomic mass is 10.1. The van der Waals surface area contributed by atoms with E-state index in [4.69, 9.17) is 4.18 Å². The quantitative estimate of drug-likeness (QED) is 0.252. The zero-order valence-corrected chi connectivity index (χ0v) is 18.7. The van der Waals surface area contributed by atoms with Crippen molar-refractivity contribution in [1.29, 1.82) is 0 Å². The molecule has 3 rings (SSSR count). The van der Waals surface area contributed by atoms with Crippen LogP contribution in [-0.2, 0) is 20.2 Å². The van der Waals surface area contributed by atoms with E-state index in [1.807, 2.05) is 12.1 Å². The van der Waals surface area contributed by atoms with E-state index in [1.165, 1.54) is 24.3 Å². The first-order chi connectivity index (χ1) is 12.1. The van der Waals surface area contributed by atoms with Gasteiger partial charge in [0, 0.05) is 7.14 Å². The minimum absolute atomic E-state index is 0.0262. The third-order valence-corrected chi connectivity index (χ3v) is 8.05. The van der Waals surface area contributed by atoms with Crippen LogP contribution in [0.5, 0.6) is 5.75 Å². The standard InChI is InChI=1S/C16H10I2O6S2/c17-14-8-12(9-15(18)16(14)25(19,20)21)24-26(22,23)13-6-5-10-3-1-2-4-11(10)7-13/h1-9H,(H,19,20,21)/p-1. The van der Waals surface area contributed by atoms with Crippen molar-refractivity contribution in [2.75, 3.05) is 0 Å². The Morgan fingerprint density at radius 2 is 1.38 bits per heavy atom. The maximum Gasteiger partial charge on any atom is 0.339 e. The van der Waals surface area contributed by atoms with Gasteiger partial charge in [0.05, 0.1) is 4.90 Å². The third-order valence-electron chi connectivity index (χ3n) is 3.44. The first kappa shape index (κ1) is 19.8. The lowest BCUT2D eigenvalue weighted by Crippen LogP contribution is -2.11. The van der Waals surface area contributed by atoms with Crippen LogP contribution in [0.25, 0.3) is 10.8 Å². The Morgan fingerprint density at radius 1 is 0.808 bits per heavy atom. The average Bonchev–Trinajstić information content (AvgIpc) is 2.51. The van der Waals surface area contributed by atoms with Crippen LogP contribution in [0.4, 0.5) is 0 Å². The summed E-state index contributed by atoms with van der Waals surface area (Å²) in [4.78, 5) is -0.420. The fourth-order valence-electron chi connectivity index (χ4n) is 2.32. The van der Waals surface area contributed by atoms with Gasteiger partial charge in [0.15, 0.2) is 0 Å². The predicted molar refractivity (Wildman–Crippen MR) is 112 cm³/mol. The molecule has 0 bridgehead atoms. The fraction of sp³-hybridized carbons (Fsp3) is 0. The Bertz CT molecular complexity index is 1200. The zero-order valence-electron chi connectivity index (χ0n) is 12.7. The van der Waals surface area contributed by atoms with Gasteiger partial charge in [-0.25, -0.2) is 8.42 Å².